The van der Waals surface area contributed by atoms with Crippen molar-refractivity contribution in [3.05, 3.63) is 52.5 Å². The predicted octanol–water partition coefficient (Wildman–Crippen LogP) is 3.04. The van der Waals surface area contributed by atoms with Crippen LogP contribution in [0.1, 0.15) is 10.4 Å². The van der Waals surface area contributed by atoms with Crippen LogP contribution >= 0.6 is 23.2 Å². The van der Waals surface area contributed by atoms with Crippen molar-refractivity contribution in [1.82, 2.24) is 9.97 Å². The average Bonchev–Trinajstić information content (AvgIpc) is 2.30. The molecular formula is C11H7Cl2N3O. The highest BCUT2D eigenvalue weighted by atomic mass is 35.5. The molecule has 1 heterocycles. The smallest absolute Gasteiger partial charge is 0.261 e. The molecule has 4 nitrogen and oxygen atoms in total. The number of halogens is 2. The monoisotopic (exact) mass is 267 g/mol. The van der Waals surface area contributed by atoms with Crippen LogP contribution in [0.3, 0.4) is 0 Å². The molecule has 0 atom stereocenters. The zero-order valence-electron chi connectivity index (χ0n) is 8.52. The van der Waals surface area contributed by atoms with E-state index in [4.69, 9.17) is 23.2 Å². The number of amides is 1. The highest BCUT2D eigenvalue weighted by molar-refractivity contribution is 6.38. The summed E-state index contributed by atoms with van der Waals surface area (Å²) in [4.78, 5) is 19.3. The third kappa shape index (κ3) is 2.72. The fraction of sp³-hybridized carbons (Fsp3) is 0. The number of nitrogens with zero attached hydrogens (tertiary/aromatic N) is 2. The van der Waals surface area contributed by atoms with Crippen molar-refractivity contribution in [1.29, 1.82) is 0 Å². The Morgan fingerprint density at radius 2 is 1.65 bits per heavy atom. The van der Waals surface area contributed by atoms with Gasteiger partial charge in [0, 0.05) is 5.69 Å². The Kier molecular flexibility index (Phi) is 3.56. The molecule has 0 aliphatic rings. The van der Waals surface area contributed by atoms with Gasteiger partial charge in [-0.3, -0.25) is 4.79 Å². The molecular weight excluding hydrogens is 261 g/mol. The van der Waals surface area contributed by atoms with Crippen LogP contribution < -0.4 is 5.32 Å². The highest BCUT2D eigenvalue weighted by Gasteiger charge is 2.16. The van der Waals surface area contributed by atoms with E-state index in [0.29, 0.717) is 5.69 Å². The van der Waals surface area contributed by atoms with Gasteiger partial charge in [0.05, 0.1) is 0 Å². The molecule has 1 amide bonds. The molecule has 0 aliphatic carbocycles. The Balaban J connectivity index is 2.27. The van der Waals surface area contributed by atoms with Crippen LogP contribution in [0.25, 0.3) is 0 Å². The van der Waals surface area contributed by atoms with Crippen molar-refractivity contribution in [2.75, 3.05) is 5.32 Å². The van der Waals surface area contributed by atoms with Crippen molar-refractivity contribution in [2.45, 2.75) is 0 Å². The summed E-state index contributed by atoms with van der Waals surface area (Å²) in [6, 6.07) is 8.97. The molecule has 0 spiro atoms. The number of carbonyl (C=O) groups excluding carboxylic acids is 1. The van der Waals surface area contributed by atoms with Crippen LogP contribution in [0, 0.1) is 0 Å². The van der Waals surface area contributed by atoms with Crippen molar-refractivity contribution in [2.24, 2.45) is 0 Å². The molecule has 2 aromatic rings. The topological polar surface area (TPSA) is 54.9 Å². The number of anilines is 1. The highest BCUT2D eigenvalue weighted by Crippen LogP contribution is 2.21. The second-order valence-corrected chi connectivity index (χ2v) is 3.87. The van der Waals surface area contributed by atoms with E-state index in [1.165, 1.54) is 6.33 Å². The second kappa shape index (κ2) is 5.12. The van der Waals surface area contributed by atoms with Gasteiger partial charge in [-0.25, -0.2) is 9.97 Å². The van der Waals surface area contributed by atoms with E-state index < -0.39 is 5.91 Å². The Bertz CT molecular complexity index is 525. The number of rotatable bonds is 2. The molecule has 1 aromatic carbocycles. The Morgan fingerprint density at radius 3 is 2.24 bits per heavy atom. The fourth-order valence-electron chi connectivity index (χ4n) is 1.25. The number of benzene rings is 1. The molecule has 1 N–H and O–H groups in total. The summed E-state index contributed by atoms with van der Waals surface area (Å²) in [5.74, 6) is -0.438. The van der Waals surface area contributed by atoms with Gasteiger partial charge < -0.3 is 5.32 Å². The van der Waals surface area contributed by atoms with Crippen molar-refractivity contribution in [3.8, 4) is 0 Å². The van der Waals surface area contributed by atoms with E-state index in [1.54, 1.807) is 24.3 Å². The lowest BCUT2D eigenvalue weighted by molar-refractivity contribution is 0.102. The van der Waals surface area contributed by atoms with Crippen LogP contribution in [0.15, 0.2) is 36.7 Å². The molecule has 86 valence electrons. The van der Waals surface area contributed by atoms with E-state index in [2.05, 4.69) is 15.3 Å². The maximum absolute atomic E-state index is 11.9. The van der Waals surface area contributed by atoms with Crippen LogP contribution in [0.4, 0.5) is 5.69 Å². The lowest BCUT2D eigenvalue weighted by Crippen LogP contribution is -2.14. The summed E-state index contributed by atoms with van der Waals surface area (Å²) in [5, 5.41) is 2.70. The van der Waals surface area contributed by atoms with Crippen LogP contribution in [-0.2, 0) is 0 Å². The number of nitrogens with one attached hydrogen (secondary N) is 1. The quantitative estimate of drug-likeness (QED) is 0.851. The minimum atomic E-state index is -0.438. The third-order valence-corrected chi connectivity index (χ3v) is 2.59. The maximum Gasteiger partial charge on any atom is 0.261 e. The van der Waals surface area contributed by atoms with Gasteiger partial charge in [-0.2, -0.15) is 0 Å². The SMILES string of the molecule is O=C(Nc1ccccc1)c1c(Cl)ncnc1Cl. The Hall–Kier alpha value is -1.65. The minimum absolute atomic E-state index is 0.0263. The average molecular weight is 268 g/mol. The van der Waals surface area contributed by atoms with Crippen molar-refractivity contribution < 1.29 is 4.79 Å². The van der Waals surface area contributed by atoms with Gasteiger partial charge >= 0.3 is 0 Å². The number of hydrogen-bond acceptors (Lipinski definition) is 3. The first kappa shape index (κ1) is 11.8. The van der Waals surface area contributed by atoms with Gasteiger partial charge in [0.15, 0.2) is 0 Å². The van der Waals surface area contributed by atoms with E-state index in [1.807, 2.05) is 6.07 Å². The van der Waals surface area contributed by atoms with Gasteiger partial charge in [0.2, 0.25) is 0 Å². The van der Waals surface area contributed by atoms with Gasteiger partial charge in [-0.1, -0.05) is 41.4 Å². The first-order chi connectivity index (χ1) is 8.18. The standard InChI is InChI=1S/C11H7Cl2N3O/c12-9-8(10(13)15-6-14-9)11(17)16-7-4-2-1-3-5-7/h1-6H,(H,16,17). The van der Waals surface area contributed by atoms with E-state index >= 15 is 0 Å². The molecule has 0 saturated heterocycles. The molecule has 0 aliphatic heterocycles. The van der Waals surface area contributed by atoms with Crippen LogP contribution in [0.5, 0.6) is 0 Å². The van der Waals surface area contributed by atoms with Crippen LogP contribution in [0.2, 0.25) is 10.3 Å². The predicted molar refractivity (Wildman–Crippen MR) is 66.4 cm³/mol. The zero-order valence-corrected chi connectivity index (χ0v) is 10.0. The normalized spacial score (nSPS) is 10.0. The van der Waals surface area contributed by atoms with Gasteiger partial charge in [-0.05, 0) is 12.1 Å². The third-order valence-electron chi connectivity index (χ3n) is 2.01. The fourth-order valence-corrected chi connectivity index (χ4v) is 1.73. The summed E-state index contributed by atoms with van der Waals surface area (Å²) in [6.07, 6.45) is 1.20. The van der Waals surface area contributed by atoms with Gasteiger partial charge in [0.25, 0.3) is 5.91 Å². The minimum Gasteiger partial charge on any atom is -0.322 e. The molecule has 6 heteroatoms. The van der Waals surface area contributed by atoms with Gasteiger partial charge in [0.1, 0.15) is 22.2 Å². The van der Waals surface area contributed by atoms with E-state index in [-0.39, 0.29) is 15.9 Å². The summed E-state index contributed by atoms with van der Waals surface area (Å²) in [5.41, 5.74) is 0.716. The number of carbonyl (C=O) groups is 1. The summed E-state index contributed by atoms with van der Waals surface area (Å²) in [6.45, 7) is 0. The lowest BCUT2D eigenvalue weighted by atomic mass is 10.3. The lowest BCUT2D eigenvalue weighted by Gasteiger charge is -2.06. The summed E-state index contributed by atoms with van der Waals surface area (Å²) in [7, 11) is 0. The molecule has 0 fully saturated rings. The molecule has 0 saturated carbocycles. The summed E-state index contributed by atoms with van der Waals surface area (Å²) < 4.78 is 0. The first-order valence-corrected chi connectivity index (χ1v) is 5.46. The number of hydrogen-bond donors (Lipinski definition) is 1. The molecule has 1 aromatic heterocycles. The molecule has 0 radical (unpaired) electrons. The maximum atomic E-state index is 11.9. The number of para-hydroxylation sites is 1. The molecule has 17 heavy (non-hydrogen) atoms. The molecule has 2 rings (SSSR count). The molecule has 0 bridgehead atoms. The van der Waals surface area contributed by atoms with E-state index in [0.717, 1.165) is 0 Å². The number of aromatic nitrogens is 2. The second-order valence-electron chi connectivity index (χ2n) is 3.15. The first-order valence-electron chi connectivity index (χ1n) is 4.71. The molecule has 0 unspecified atom stereocenters. The van der Waals surface area contributed by atoms with Crippen molar-refractivity contribution in [3.63, 3.8) is 0 Å². The zero-order chi connectivity index (χ0) is 12.3. The Morgan fingerprint density at radius 1 is 1.06 bits per heavy atom. The summed E-state index contributed by atoms with van der Waals surface area (Å²) >= 11 is 11.6. The van der Waals surface area contributed by atoms with E-state index in [9.17, 15) is 4.79 Å². The Labute approximate surface area is 108 Å². The largest absolute Gasteiger partial charge is 0.322 e. The van der Waals surface area contributed by atoms with Crippen LogP contribution in [-0.4, -0.2) is 15.9 Å². The van der Waals surface area contributed by atoms with Crippen molar-refractivity contribution >= 4 is 34.8 Å². The van der Waals surface area contributed by atoms with Gasteiger partial charge in [-0.15, -0.1) is 0 Å².